The minimum atomic E-state index is -1.04. The van der Waals surface area contributed by atoms with Gasteiger partial charge >= 0.3 is 0 Å². The van der Waals surface area contributed by atoms with Crippen LogP contribution >= 0.6 is 11.6 Å². The molecule has 11 heteroatoms. The van der Waals surface area contributed by atoms with E-state index in [1.807, 2.05) is 0 Å². The molecule has 0 bridgehead atoms. The number of hydrogen-bond acceptors (Lipinski definition) is 6. The molecule has 0 fully saturated rings. The monoisotopic (exact) mass is 508 g/mol. The first-order valence-corrected chi connectivity index (χ1v) is 11.2. The van der Waals surface area contributed by atoms with E-state index < -0.39 is 23.6 Å². The molecule has 3 heterocycles. The second-order valence-electron chi connectivity index (χ2n) is 8.04. The summed E-state index contributed by atoms with van der Waals surface area (Å²) in [6.07, 6.45) is 3.06. The van der Waals surface area contributed by atoms with Crippen molar-refractivity contribution in [2.45, 2.75) is 13.0 Å². The number of aromatic amines is 1. The molecule has 1 amide bonds. The number of pyridine rings is 1. The number of ether oxygens (including phenoxy) is 1. The molecule has 2 aromatic carbocycles. The van der Waals surface area contributed by atoms with Crippen molar-refractivity contribution < 1.29 is 18.3 Å². The number of amides is 1. The van der Waals surface area contributed by atoms with Crippen LogP contribution in [-0.2, 0) is 4.79 Å². The molecular formula is C25H19ClF2N6O2. The number of aromatic nitrogens is 3. The lowest BCUT2D eigenvalue weighted by Gasteiger charge is -2.27. The van der Waals surface area contributed by atoms with Crippen LogP contribution < -0.4 is 15.4 Å². The summed E-state index contributed by atoms with van der Waals surface area (Å²) in [5, 5.41) is 13.1. The predicted molar refractivity (Wildman–Crippen MR) is 132 cm³/mol. The number of fused-ring (bicyclic) bond motifs is 1. The average molecular weight is 509 g/mol. The highest BCUT2D eigenvalue weighted by Gasteiger charge is 2.32. The van der Waals surface area contributed by atoms with Crippen molar-refractivity contribution in [3.05, 3.63) is 93.9 Å². The second-order valence-corrected chi connectivity index (χ2v) is 8.48. The lowest BCUT2D eigenvalue weighted by Crippen LogP contribution is -2.34. The summed E-state index contributed by atoms with van der Waals surface area (Å²) < 4.78 is 34.9. The lowest BCUT2D eigenvalue weighted by atomic mass is 9.94. The van der Waals surface area contributed by atoms with Crippen molar-refractivity contribution in [3.63, 3.8) is 0 Å². The van der Waals surface area contributed by atoms with Gasteiger partial charge in [0.25, 0.3) is 5.91 Å². The topological polar surface area (TPSA) is 104 Å². The van der Waals surface area contributed by atoms with E-state index in [-0.39, 0.29) is 21.8 Å². The second kappa shape index (κ2) is 9.38. The Hall–Kier alpha value is -4.31. The number of carbonyl (C=O) groups excluding carboxylic acids is 1. The number of methoxy groups -OCH3 is 1. The van der Waals surface area contributed by atoms with Gasteiger partial charge in [0.2, 0.25) is 5.88 Å². The number of aliphatic imine (C=N–C) groups is 1. The number of H-pyrrole nitrogens is 1. The number of carbonyl (C=O) groups is 1. The van der Waals surface area contributed by atoms with Crippen LogP contribution in [0.1, 0.15) is 24.1 Å². The van der Waals surface area contributed by atoms with Crippen molar-refractivity contribution in [3.8, 4) is 5.88 Å². The van der Waals surface area contributed by atoms with E-state index in [2.05, 4.69) is 30.8 Å². The van der Waals surface area contributed by atoms with Crippen LogP contribution in [0.4, 0.5) is 14.5 Å². The largest absolute Gasteiger partial charge is 0.481 e. The number of amidine groups is 1. The average Bonchev–Trinajstić information content (AvgIpc) is 3.30. The van der Waals surface area contributed by atoms with Gasteiger partial charge in [-0.15, -0.1) is 0 Å². The molecule has 36 heavy (non-hydrogen) atoms. The van der Waals surface area contributed by atoms with Crippen molar-refractivity contribution in [1.29, 1.82) is 0 Å². The van der Waals surface area contributed by atoms with E-state index in [0.717, 1.165) is 6.07 Å². The first-order chi connectivity index (χ1) is 17.3. The summed E-state index contributed by atoms with van der Waals surface area (Å²) in [5.41, 5.74) is 1.73. The van der Waals surface area contributed by atoms with Gasteiger partial charge in [-0.3, -0.25) is 14.9 Å². The summed E-state index contributed by atoms with van der Waals surface area (Å²) >= 11 is 5.95. The minimum Gasteiger partial charge on any atom is -0.481 e. The van der Waals surface area contributed by atoms with Gasteiger partial charge < -0.3 is 15.4 Å². The van der Waals surface area contributed by atoms with Gasteiger partial charge in [-0.2, -0.15) is 5.10 Å². The highest BCUT2D eigenvalue weighted by atomic mass is 35.5. The van der Waals surface area contributed by atoms with E-state index >= 15 is 4.39 Å². The quantitative estimate of drug-likeness (QED) is 0.355. The van der Waals surface area contributed by atoms with Gasteiger partial charge in [-0.1, -0.05) is 17.7 Å². The van der Waals surface area contributed by atoms with Gasteiger partial charge in [0.15, 0.2) is 0 Å². The number of halogens is 3. The minimum absolute atomic E-state index is 0.0434. The third-order valence-electron chi connectivity index (χ3n) is 5.74. The van der Waals surface area contributed by atoms with Crippen molar-refractivity contribution in [2.24, 2.45) is 4.99 Å². The summed E-state index contributed by atoms with van der Waals surface area (Å²) in [6.45, 7) is 1.67. The van der Waals surface area contributed by atoms with Gasteiger partial charge in [-0.25, -0.2) is 13.8 Å². The third kappa shape index (κ3) is 4.38. The molecule has 8 nitrogen and oxygen atoms in total. The lowest BCUT2D eigenvalue weighted by molar-refractivity contribution is -0.113. The number of rotatable bonds is 5. The highest BCUT2D eigenvalue weighted by Crippen LogP contribution is 2.35. The zero-order chi connectivity index (χ0) is 25.4. The molecule has 1 atom stereocenters. The molecule has 0 aliphatic carbocycles. The Balaban J connectivity index is 1.57. The first kappa shape index (κ1) is 23.4. The number of benzene rings is 2. The molecular weight excluding hydrogens is 490 g/mol. The van der Waals surface area contributed by atoms with Crippen LogP contribution in [0.25, 0.3) is 10.9 Å². The van der Waals surface area contributed by atoms with Crippen LogP contribution in [0.2, 0.25) is 5.02 Å². The molecule has 0 saturated heterocycles. The van der Waals surface area contributed by atoms with E-state index in [9.17, 15) is 9.18 Å². The molecule has 182 valence electrons. The molecule has 0 spiro atoms. The van der Waals surface area contributed by atoms with Crippen LogP contribution in [-0.4, -0.2) is 34.0 Å². The first-order valence-electron chi connectivity index (χ1n) is 10.8. The van der Waals surface area contributed by atoms with E-state index in [4.69, 9.17) is 16.3 Å². The van der Waals surface area contributed by atoms with Gasteiger partial charge in [0.05, 0.1) is 30.1 Å². The fourth-order valence-electron chi connectivity index (χ4n) is 3.98. The summed E-state index contributed by atoms with van der Waals surface area (Å²) in [7, 11) is 1.49. The molecule has 4 aromatic rings. The van der Waals surface area contributed by atoms with Crippen molar-refractivity contribution in [1.82, 2.24) is 20.5 Å². The highest BCUT2D eigenvalue weighted by molar-refractivity contribution is 6.30. The fraction of sp³-hybridized carbons (Fsp3) is 0.120. The summed E-state index contributed by atoms with van der Waals surface area (Å²) in [4.78, 5) is 22.2. The van der Waals surface area contributed by atoms with Crippen LogP contribution in [0, 0.1) is 11.6 Å². The summed E-state index contributed by atoms with van der Waals surface area (Å²) in [5.74, 6) is -1.17. The molecule has 1 aliphatic rings. The zero-order valence-electron chi connectivity index (χ0n) is 19.1. The third-order valence-corrected chi connectivity index (χ3v) is 5.97. The van der Waals surface area contributed by atoms with E-state index in [1.54, 1.807) is 25.3 Å². The van der Waals surface area contributed by atoms with Crippen molar-refractivity contribution >= 4 is 39.9 Å². The van der Waals surface area contributed by atoms with Crippen LogP contribution in [0.3, 0.4) is 0 Å². The van der Waals surface area contributed by atoms with E-state index in [1.165, 1.54) is 37.6 Å². The SMILES string of the molecule is COc1cc(C2=NC(c3ccc(Cl)cc3F)C(C(=O)Nc3cc4cn[nH]c4cc3F)=C(C)N2)ccn1. The predicted octanol–water partition coefficient (Wildman–Crippen LogP) is 4.90. The normalized spacial score (nSPS) is 15.5. The molecule has 0 saturated carbocycles. The molecule has 5 rings (SSSR count). The van der Waals surface area contributed by atoms with Gasteiger partial charge in [0.1, 0.15) is 23.5 Å². The molecule has 3 N–H and O–H groups in total. The molecule has 0 radical (unpaired) electrons. The number of allylic oxidation sites excluding steroid dienone is 1. The number of nitrogens with one attached hydrogen (secondary N) is 3. The Morgan fingerprint density at radius 3 is 2.75 bits per heavy atom. The Labute approximate surface area is 209 Å². The van der Waals surface area contributed by atoms with Crippen LogP contribution in [0.5, 0.6) is 5.88 Å². The number of nitrogens with zero attached hydrogens (tertiary/aromatic N) is 3. The standard InChI is InChI=1S/C25H19ClF2N6O2/c1-12-22(25(35)32-20-7-14-11-30-34-19(14)10-18(20)28)23(16-4-3-15(26)9-17(16)27)33-24(31-12)13-5-6-29-21(8-13)36-2/h3-11,23H,1-2H3,(H,30,34)(H,31,33)(H,32,35). The Morgan fingerprint density at radius 2 is 1.97 bits per heavy atom. The maximum Gasteiger partial charge on any atom is 0.255 e. The number of hydrogen-bond donors (Lipinski definition) is 3. The molecule has 1 aliphatic heterocycles. The maximum absolute atomic E-state index is 15.0. The van der Waals surface area contributed by atoms with Crippen LogP contribution in [0.15, 0.2) is 71.1 Å². The van der Waals surface area contributed by atoms with Crippen molar-refractivity contribution in [2.75, 3.05) is 12.4 Å². The van der Waals surface area contributed by atoms with E-state index in [0.29, 0.717) is 33.9 Å². The summed E-state index contributed by atoms with van der Waals surface area (Å²) in [6, 6.07) is 9.17. The van der Waals surface area contributed by atoms with Gasteiger partial charge in [0, 0.05) is 45.6 Å². The fourth-order valence-corrected chi connectivity index (χ4v) is 4.14. The molecule has 1 unspecified atom stereocenters. The van der Waals surface area contributed by atoms with Gasteiger partial charge in [-0.05, 0) is 31.2 Å². The maximum atomic E-state index is 15.0. The Morgan fingerprint density at radius 1 is 1.14 bits per heavy atom. The zero-order valence-corrected chi connectivity index (χ0v) is 19.8. The number of anilines is 1. The Kier molecular flexibility index (Phi) is 6.11. The Bertz CT molecular complexity index is 1570. The molecule has 2 aromatic heterocycles. The smallest absolute Gasteiger partial charge is 0.255 e.